The van der Waals surface area contributed by atoms with Crippen molar-refractivity contribution in [3.05, 3.63) is 23.4 Å². The molecule has 1 aromatic heterocycles. The molecule has 1 aromatic rings. The molecule has 96 valence electrons. The van der Waals surface area contributed by atoms with E-state index in [2.05, 4.69) is 34.9 Å². The Morgan fingerprint density at radius 1 is 1.50 bits per heavy atom. The van der Waals surface area contributed by atoms with Crippen LogP contribution in [-0.2, 0) is 0 Å². The van der Waals surface area contributed by atoms with Gasteiger partial charge in [-0.2, -0.15) is 5.26 Å². The van der Waals surface area contributed by atoms with E-state index in [4.69, 9.17) is 0 Å². The van der Waals surface area contributed by atoms with Gasteiger partial charge >= 0.3 is 0 Å². The molecule has 1 fully saturated rings. The quantitative estimate of drug-likeness (QED) is 0.813. The van der Waals surface area contributed by atoms with E-state index in [1.54, 1.807) is 0 Å². The lowest BCUT2D eigenvalue weighted by Gasteiger charge is -2.28. The summed E-state index contributed by atoms with van der Waals surface area (Å²) in [6.45, 7) is 3.99. The zero-order valence-corrected chi connectivity index (χ0v) is 11.3. The SMILES string of the molecule is Cc1ccc(C#N)c(N2CCCC2CN(C)C)n1. The van der Waals surface area contributed by atoms with Crippen LogP contribution in [0, 0.1) is 18.3 Å². The minimum absolute atomic E-state index is 0.474. The first-order valence-corrected chi connectivity index (χ1v) is 6.41. The second-order valence-electron chi connectivity index (χ2n) is 5.19. The normalized spacial score (nSPS) is 19.3. The minimum Gasteiger partial charge on any atom is -0.351 e. The zero-order valence-electron chi connectivity index (χ0n) is 11.3. The number of rotatable bonds is 3. The molecule has 1 aliphatic rings. The molecule has 1 aliphatic heterocycles. The summed E-state index contributed by atoms with van der Waals surface area (Å²) in [6.07, 6.45) is 2.36. The smallest absolute Gasteiger partial charge is 0.147 e. The van der Waals surface area contributed by atoms with Gasteiger partial charge < -0.3 is 9.80 Å². The Balaban J connectivity index is 2.30. The third kappa shape index (κ3) is 2.62. The maximum absolute atomic E-state index is 9.21. The van der Waals surface area contributed by atoms with Crippen molar-refractivity contribution in [3.8, 4) is 6.07 Å². The molecule has 1 atom stereocenters. The van der Waals surface area contributed by atoms with Gasteiger partial charge in [0, 0.05) is 24.8 Å². The molecule has 1 unspecified atom stereocenters. The van der Waals surface area contributed by atoms with Gasteiger partial charge in [-0.3, -0.25) is 0 Å². The van der Waals surface area contributed by atoms with Crippen LogP contribution < -0.4 is 4.90 Å². The summed E-state index contributed by atoms with van der Waals surface area (Å²) in [5.41, 5.74) is 1.66. The first kappa shape index (κ1) is 12.8. The number of likely N-dealkylation sites (N-methyl/N-ethyl adjacent to an activating group) is 1. The van der Waals surface area contributed by atoms with Gasteiger partial charge in [-0.25, -0.2) is 4.98 Å². The molecule has 0 aliphatic carbocycles. The lowest BCUT2D eigenvalue weighted by molar-refractivity contribution is 0.371. The number of nitriles is 1. The summed E-state index contributed by atoms with van der Waals surface area (Å²) in [4.78, 5) is 9.06. The Bertz CT molecular complexity index is 461. The highest BCUT2D eigenvalue weighted by molar-refractivity contribution is 5.55. The van der Waals surface area contributed by atoms with Crippen molar-refractivity contribution in [1.82, 2.24) is 9.88 Å². The van der Waals surface area contributed by atoms with Gasteiger partial charge in [0.15, 0.2) is 0 Å². The van der Waals surface area contributed by atoms with Gasteiger partial charge in [0.1, 0.15) is 11.9 Å². The molecule has 18 heavy (non-hydrogen) atoms. The highest BCUT2D eigenvalue weighted by atomic mass is 15.3. The highest BCUT2D eigenvalue weighted by Gasteiger charge is 2.27. The molecule has 4 heteroatoms. The number of hydrogen-bond donors (Lipinski definition) is 0. The molecule has 1 saturated heterocycles. The Morgan fingerprint density at radius 2 is 2.28 bits per heavy atom. The Morgan fingerprint density at radius 3 is 2.94 bits per heavy atom. The maximum Gasteiger partial charge on any atom is 0.147 e. The molecule has 0 radical (unpaired) electrons. The van der Waals surface area contributed by atoms with Crippen LogP contribution in [0.25, 0.3) is 0 Å². The van der Waals surface area contributed by atoms with Crippen LogP contribution >= 0.6 is 0 Å². The van der Waals surface area contributed by atoms with E-state index in [1.807, 2.05) is 19.1 Å². The average molecular weight is 244 g/mol. The molecule has 0 bridgehead atoms. The molecule has 0 aromatic carbocycles. The first-order chi connectivity index (χ1) is 8.61. The minimum atomic E-state index is 0.474. The molecule has 0 amide bonds. The fourth-order valence-corrected chi connectivity index (χ4v) is 2.58. The molecule has 0 spiro atoms. The number of aromatic nitrogens is 1. The van der Waals surface area contributed by atoms with Crippen LogP contribution in [0.4, 0.5) is 5.82 Å². The van der Waals surface area contributed by atoms with Crippen LogP contribution in [0.15, 0.2) is 12.1 Å². The van der Waals surface area contributed by atoms with Crippen molar-refractivity contribution >= 4 is 5.82 Å². The van der Waals surface area contributed by atoms with Gasteiger partial charge in [-0.05, 0) is 46.0 Å². The zero-order chi connectivity index (χ0) is 13.1. The van der Waals surface area contributed by atoms with E-state index < -0.39 is 0 Å². The summed E-state index contributed by atoms with van der Waals surface area (Å²) in [7, 11) is 4.18. The fourth-order valence-electron chi connectivity index (χ4n) is 2.58. The van der Waals surface area contributed by atoms with Crippen molar-refractivity contribution in [3.63, 3.8) is 0 Å². The van der Waals surface area contributed by atoms with Crippen LogP contribution in [0.5, 0.6) is 0 Å². The van der Waals surface area contributed by atoms with Crippen molar-refractivity contribution in [1.29, 1.82) is 5.26 Å². The molecule has 0 saturated carbocycles. The van der Waals surface area contributed by atoms with E-state index in [0.29, 0.717) is 11.6 Å². The summed E-state index contributed by atoms with van der Waals surface area (Å²) < 4.78 is 0. The number of hydrogen-bond acceptors (Lipinski definition) is 4. The largest absolute Gasteiger partial charge is 0.351 e. The fraction of sp³-hybridized carbons (Fsp3) is 0.571. The van der Waals surface area contributed by atoms with E-state index in [0.717, 1.165) is 24.6 Å². The summed E-state index contributed by atoms with van der Waals surface area (Å²) in [5.74, 6) is 0.863. The summed E-state index contributed by atoms with van der Waals surface area (Å²) in [5, 5.41) is 9.21. The second kappa shape index (κ2) is 5.36. The molecular formula is C14H20N4. The van der Waals surface area contributed by atoms with Crippen molar-refractivity contribution in [2.45, 2.75) is 25.8 Å². The predicted molar refractivity (Wildman–Crippen MR) is 72.6 cm³/mol. The Hall–Kier alpha value is -1.60. The molecule has 2 heterocycles. The monoisotopic (exact) mass is 244 g/mol. The van der Waals surface area contributed by atoms with Gasteiger partial charge in [0.2, 0.25) is 0 Å². The lowest BCUT2D eigenvalue weighted by Crippen LogP contribution is -2.38. The van der Waals surface area contributed by atoms with Gasteiger partial charge in [0.05, 0.1) is 5.56 Å². The molecular weight excluding hydrogens is 224 g/mol. The van der Waals surface area contributed by atoms with Gasteiger partial charge in [-0.15, -0.1) is 0 Å². The average Bonchev–Trinajstić information content (AvgIpc) is 2.76. The summed E-state index contributed by atoms with van der Waals surface area (Å²) >= 11 is 0. The van der Waals surface area contributed by atoms with Crippen LogP contribution in [-0.4, -0.2) is 43.1 Å². The summed E-state index contributed by atoms with van der Waals surface area (Å²) in [6, 6.07) is 6.51. The predicted octanol–water partition coefficient (Wildman–Crippen LogP) is 1.79. The number of aryl methyl sites for hydroxylation is 1. The van der Waals surface area contributed by atoms with E-state index in [9.17, 15) is 5.26 Å². The van der Waals surface area contributed by atoms with E-state index >= 15 is 0 Å². The number of anilines is 1. The van der Waals surface area contributed by atoms with Crippen LogP contribution in [0.2, 0.25) is 0 Å². The standard InChI is InChI=1S/C14H20N4/c1-11-6-7-12(9-15)14(16-11)18-8-4-5-13(18)10-17(2)3/h6-7,13H,4-5,8,10H2,1-3H3. The van der Waals surface area contributed by atoms with Crippen molar-refractivity contribution in [2.75, 3.05) is 32.1 Å². The Labute approximate surface area is 109 Å². The van der Waals surface area contributed by atoms with Crippen LogP contribution in [0.1, 0.15) is 24.1 Å². The highest BCUT2D eigenvalue weighted by Crippen LogP contribution is 2.27. The van der Waals surface area contributed by atoms with Crippen molar-refractivity contribution in [2.24, 2.45) is 0 Å². The van der Waals surface area contributed by atoms with E-state index in [1.165, 1.54) is 12.8 Å². The third-order valence-electron chi connectivity index (χ3n) is 3.36. The van der Waals surface area contributed by atoms with Gasteiger partial charge in [0.25, 0.3) is 0 Å². The molecule has 4 nitrogen and oxygen atoms in total. The number of nitrogens with zero attached hydrogens (tertiary/aromatic N) is 4. The van der Waals surface area contributed by atoms with Crippen LogP contribution in [0.3, 0.4) is 0 Å². The van der Waals surface area contributed by atoms with Gasteiger partial charge in [-0.1, -0.05) is 0 Å². The first-order valence-electron chi connectivity index (χ1n) is 6.41. The maximum atomic E-state index is 9.21. The Kier molecular flexibility index (Phi) is 3.83. The van der Waals surface area contributed by atoms with Crippen molar-refractivity contribution < 1.29 is 0 Å². The number of pyridine rings is 1. The molecule has 0 N–H and O–H groups in total. The lowest BCUT2D eigenvalue weighted by atomic mass is 10.2. The van der Waals surface area contributed by atoms with E-state index in [-0.39, 0.29) is 0 Å². The third-order valence-corrected chi connectivity index (χ3v) is 3.36. The second-order valence-corrected chi connectivity index (χ2v) is 5.19. The topological polar surface area (TPSA) is 43.2 Å². The molecule has 2 rings (SSSR count).